The number of benzene rings is 1. The van der Waals surface area contributed by atoms with Crippen molar-refractivity contribution < 1.29 is 0 Å². The van der Waals surface area contributed by atoms with Crippen molar-refractivity contribution in [2.45, 2.75) is 13.0 Å². The minimum atomic E-state index is 0.858. The predicted molar refractivity (Wildman–Crippen MR) is 76.5 cm³/mol. The van der Waals surface area contributed by atoms with Gasteiger partial charge in [0.1, 0.15) is 0 Å². The number of likely N-dealkylation sites (N-methyl/N-ethyl adjacent to an activating group) is 1. The van der Waals surface area contributed by atoms with Gasteiger partial charge in [-0.15, -0.1) is 0 Å². The lowest BCUT2D eigenvalue weighted by Gasteiger charge is -2.20. The van der Waals surface area contributed by atoms with Crippen LogP contribution in [0.5, 0.6) is 0 Å². The Morgan fingerprint density at radius 3 is 2.82 bits per heavy atom. The zero-order chi connectivity index (χ0) is 12.3. The van der Waals surface area contributed by atoms with Crippen molar-refractivity contribution in [2.75, 3.05) is 33.2 Å². The summed E-state index contributed by atoms with van der Waals surface area (Å²) in [6.07, 6.45) is 1.24. The molecule has 1 fully saturated rings. The van der Waals surface area contributed by atoms with E-state index in [1.54, 1.807) is 0 Å². The van der Waals surface area contributed by atoms with Crippen LogP contribution in [0.2, 0.25) is 5.02 Å². The minimum absolute atomic E-state index is 0.858. The van der Waals surface area contributed by atoms with Crippen molar-refractivity contribution in [3.05, 3.63) is 33.3 Å². The van der Waals surface area contributed by atoms with Crippen LogP contribution in [-0.4, -0.2) is 43.0 Å². The summed E-state index contributed by atoms with van der Waals surface area (Å²) in [6.45, 7) is 5.60. The first-order valence-electron chi connectivity index (χ1n) is 6.00. The fourth-order valence-electron chi connectivity index (χ4n) is 2.15. The van der Waals surface area contributed by atoms with Crippen LogP contribution in [0.3, 0.4) is 0 Å². The van der Waals surface area contributed by atoms with Gasteiger partial charge in [-0.1, -0.05) is 33.6 Å². The molecule has 1 saturated heterocycles. The second-order valence-corrected chi connectivity index (χ2v) is 5.99. The molecule has 0 radical (unpaired) electrons. The van der Waals surface area contributed by atoms with Crippen LogP contribution in [0.25, 0.3) is 0 Å². The maximum Gasteiger partial charge on any atom is 0.0462 e. The van der Waals surface area contributed by atoms with Gasteiger partial charge in [-0.25, -0.2) is 0 Å². The standard InChI is InChI=1S/C13H18BrClN2/c1-16-5-2-6-17(8-7-16)10-11-3-4-12(14)9-13(11)15/h3-4,9H,2,5-8,10H2,1H3. The highest BCUT2D eigenvalue weighted by molar-refractivity contribution is 9.10. The fraction of sp³-hybridized carbons (Fsp3) is 0.538. The van der Waals surface area contributed by atoms with Gasteiger partial charge in [-0.3, -0.25) is 4.90 Å². The Bertz CT molecular complexity index is 384. The average molecular weight is 318 g/mol. The molecule has 1 heterocycles. The predicted octanol–water partition coefficient (Wildman–Crippen LogP) is 3.24. The number of hydrogen-bond donors (Lipinski definition) is 0. The lowest BCUT2D eigenvalue weighted by Crippen LogP contribution is -2.28. The lowest BCUT2D eigenvalue weighted by atomic mass is 10.2. The van der Waals surface area contributed by atoms with Crippen molar-refractivity contribution in [3.8, 4) is 0 Å². The van der Waals surface area contributed by atoms with Crippen LogP contribution in [0.4, 0.5) is 0 Å². The third-order valence-corrected chi connectivity index (χ3v) is 4.07. The first-order valence-corrected chi connectivity index (χ1v) is 7.17. The summed E-state index contributed by atoms with van der Waals surface area (Å²) in [4.78, 5) is 4.88. The molecule has 0 spiro atoms. The molecule has 0 N–H and O–H groups in total. The summed E-state index contributed by atoms with van der Waals surface area (Å²) in [7, 11) is 2.19. The second kappa shape index (κ2) is 6.19. The Labute approximate surface area is 117 Å². The van der Waals surface area contributed by atoms with Gasteiger partial charge in [-0.2, -0.15) is 0 Å². The molecule has 0 bridgehead atoms. The summed E-state index contributed by atoms with van der Waals surface area (Å²) in [5.41, 5.74) is 1.22. The van der Waals surface area contributed by atoms with E-state index in [1.165, 1.54) is 18.5 Å². The Morgan fingerprint density at radius 2 is 2.06 bits per heavy atom. The molecule has 1 aliphatic heterocycles. The normalized spacial score (nSPS) is 19.2. The molecule has 0 unspecified atom stereocenters. The van der Waals surface area contributed by atoms with E-state index < -0.39 is 0 Å². The Kier molecular flexibility index (Phi) is 4.86. The molecule has 4 heteroatoms. The Morgan fingerprint density at radius 1 is 1.24 bits per heavy atom. The zero-order valence-corrected chi connectivity index (χ0v) is 12.5. The zero-order valence-electron chi connectivity index (χ0n) is 10.1. The Hall–Kier alpha value is -0.0900. The minimum Gasteiger partial charge on any atom is -0.305 e. The monoisotopic (exact) mass is 316 g/mol. The van der Waals surface area contributed by atoms with E-state index in [2.05, 4.69) is 44.9 Å². The molecule has 1 aromatic carbocycles. The first kappa shape index (κ1) is 13.3. The summed E-state index contributed by atoms with van der Waals surface area (Å²) in [6, 6.07) is 6.15. The van der Waals surface area contributed by atoms with Crippen LogP contribution in [0, 0.1) is 0 Å². The summed E-state index contributed by atoms with van der Waals surface area (Å²) in [5.74, 6) is 0. The van der Waals surface area contributed by atoms with Crippen molar-refractivity contribution in [2.24, 2.45) is 0 Å². The molecule has 0 amide bonds. The number of rotatable bonds is 2. The molecular weight excluding hydrogens is 300 g/mol. The molecule has 2 nitrogen and oxygen atoms in total. The van der Waals surface area contributed by atoms with Gasteiger partial charge in [0, 0.05) is 29.1 Å². The molecular formula is C13H18BrClN2. The third kappa shape index (κ3) is 3.95. The topological polar surface area (TPSA) is 6.48 Å². The van der Waals surface area contributed by atoms with Gasteiger partial charge in [0.2, 0.25) is 0 Å². The van der Waals surface area contributed by atoms with Crippen molar-refractivity contribution in [3.63, 3.8) is 0 Å². The molecule has 1 aliphatic rings. The maximum absolute atomic E-state index is 6.25. The van der Waals surface area contributed by atoms with Gasteiger partial charge < -0.3 is 4.90 Å². The molecule has 2 rings (SSSR count). The highest BCUT2D eigenvalue weighted by atomic mass is 79.9. The van der Waals surface area contributed by atoms with E-state index >= 15 is 0 Å². The molecule has 0 atom stereocenters. The van der Waals surface area contributed by atoms with Crippen LogP contribution >= 0.6 is 27.5 Å². The molecule has 0 aromatic heterocycles. The largest absolute Gasteiger partial charge is 0.305 e. The summed E-state index contributed by atoms with van der Waals surface area (Å²) in [5, 5.41) is 0.858. The Balaban J connectivity index is 2.00. The van der Waals surface area contributed by atoms with E-state index in [0.717, 1.165) is 35.7 Å². The van der Waals surface area contributed by atoms with Crippen molar-refractivity contribution >= 4 is 27.5 Å². The van der Waals surface area contributed by atoms with Gasteiger partial charge in [0.25, 0.3) is 0 Å². The van der Waals surface area contributed by atoms with Crippen molar-refractivity contribution in [1.29, 1.82) is 0 Å². The van der Waals surface area contributed by atoms with Crippen LogP contribution in [0.1, 0.15) is 12.0 Å². The molecule has 1 aromatic rings. The average Bonchev–Trinajstić information content (AvgIpc) is 2.48. The molecule has 0 aliphatic carbocycles. The lowest BCUT2D eigenvalue weighted by molar-refractivity contribution is 0.269. The SMILES string of the molecule is CN1CCCN(Cc2ccc(Br)cc2Cl)CC1. The number of halogens is 2. The second-order valence-electron chi connectivity index (χ2n) is 4.67. The van der Waals surface area contributed by atoms with E-state index in [0.29, 0.717) is 0 Å². The van der Waals surface area contributed by atoms with Gasteiger partial charge in [0.15, 0.2) is 0 Å². The first-order chi connectivity index (χ1) is 8.15. The highest BCUT2D eigenvalue weighted by Gasteiger charge is 2.13. The van der Waals surface area contributed by atoms with Crippen molar-refractivity contribution in [1.82, 2.24) is 9.80 Å². The smallest absolute Gasteiger partial charge is 0.0462 e. The maximum atomic E-state index is 6.25. The number of hydrogen-bond acceptors (Lipinski definition) is 2. The van der Waals surface area contributed by atoms with E-state index in [4.69, 9.17) is 11.6 Å². The van der Waals surface area contributed by atoms with E-state index in [-0.39, 0.29) is 0 Å². The van der Waals surface area contributed by atoms with Gasteiger partial charge in [0.05, 0.1) is 0 Å². The van der Waals surface area contributed by atoms with E-state index in [1.807, 2.05) is 6.07 Å². The number of nitrogens with zero attached hydrogens (tertiary/aromatic N) is 2. The summed E-state index contributed by atoms with van der Waals surface area (Å²) >= 11 is 9.69. The highest BCUT2D eigenvalue weighted by Crippen LogP contribution is 2.22. The van der Waals surface area contributed by atoms with Gasteiger partial charge in [-0.05, 0) is 44.3 Å². The molecule has 94 valence electrons. The molecule has 17 heavy (non-hydrogen) atoms. The third-order valence-electron chi connectivity index (χ3n) is 3.22. The quantitative estimate of drug-likeness (QED) is 0.826. The fourth-order valence-corrected chi connectivity index (χ4v) is 2.88. The van der Waals surface area contributed by atoms with Gasteiger partial charge >= 0.3 is 0 Å². The summed E-state index contributed by atoms with van der Waals surface area (Å²) < 4.78 is 1.04. The molecule has 0 saturated carbocycles. The van der Waals surface area contributed by atoms with Crippen LogP contribution < -0.4 is 0 Å². The van der Waals surface area contributed by atoms with Crippen LogP contribution in [-0.2, 0) is 6.54 Å². The van der Waals surface area contributed by atoms with E-state index in [9.17, 15) is 0 Å². The van der Waals surface area contributed by atoms with Crippen LogP contribution in [0.15, 0.2) is 22.7 Å².